The van der Waals surface area contributed by atoms with Gasteiger partial charge in [0.15, 0.2) is 0 Å². The summed E-state index contributed by atoms with van der Waals surface area (Å²) in [6, 6.07) is 2.55. The highest BCUT2D eigenvalue weighted by atomic mass is 19.4. The monoisotopic (exact) mass is 247 g/mol. The lowest BCUT2D eigenvalue weighted by Crippen LogP contribution is -2.14. The average Bonchev–Trinajstić information content (AvgIpc) is 3.00. The fourth-order valence-corrected chi connectivity index (χ4v) is 1.84. The predicted octanol–water partition coefficient (Wildman–Crippen LogP) is 3.64. The van der Waals surface area contributed by atoms with E-state index in [1.54, 1.807) is 0 Å². The largest absolute Gasteiger partial charge is 0.419 e. The first-order chi connectivity index (χ1) is 7.88. The lowest BCUT2D eigenvalue weighted by Gasteiger charge is -2.14. The molecule has 1 atom stereocenters. The highest BCUT2D eigenvalue weighted by molar-refractivity contribution is 5.29. The maximum atomic E-state index is 13.0. The zero-order chi connectivity index (χ0) is 12.6. The summed E-state index contributed by atoms with van der Waals surface area (Å²) in [6.45, 7) is 0. The summed E-state index contributed by atoms with van der Waals surface area (Å²) in [5.41, 5.74) is 4.93. The number of hydrogen-bond acceptors (Lipinski definition) is 1. The van der Waals surface area contributed by atoms with Crippen molar-refractivity contribution >= 4 is 0 Å². The third kappa shape index (κ3) is 2.97. The molecule has 1 unspecified atom stereocenters. The van der Waals surface area contributed by atoms with Gasteiger partial charge in [0, 0.05) is 6.04 Å². The number of nitrogens with two attached hydrogens (primary N) is 1. The molecular weight excluding hydrogens is 234 g/mol. The van der Waals surface area contributed by atoms with E-state index >= 15 is 0 Å². The molecule has 5 heteroatoms. The number of halogens is 4. The molecule has 94 valence electrons. The van der Waals surface area contributed by atoms with Gasteiger partial charge in [-0.25, -0.2) is 4.39 Å². The summed E-state index contributed by atoms with van der Waals surface area (Å²) in [7, 11) is 0. The van der Waals surface area contributed by atoms with Gasteiger partial charge in [-0.1, -0.05) is 18.9 Å². The molecule has 0 aliphatic heterocycles. The molecule has 1 aliphatic carbocycles. The van der Waals surface area contributed by atoms with Crippen molar-refractivity contribution in [2.45, 2.75) is 31.5 Å². The zero-order valence-corrected chi connectivity index (χ0v) is 9.10. The molecule has 0 saturated heterocycles. The smallest absolute Gasteiger partial charge is 0.324 e. The molecule has 1 nitrogen and oxygen atoms in total. The standard InChI is InChI=1S/C12H13F4N/c13-10-4-3-8(6-9(10)12(14,15)16)11(17)5-7-1-2-7/h3-4,6-7,11H,1-2,5,17H2. The predicted molar refractivity (Wildman–Crippen MR) is 55.7 cm³/mol. The van der Waals surface area contributed by atoms with Crippen LogP contribution < -0.4 is 5.73 Å². The molecule has 1 aliphatic rings. The van der Waals surface area contributed by atoms with Crippen LogP contribution in [-0.2, 0) is 6.18 Å². The molecule has 2 rings (SSSR count). The van der Waals surface area contributed by atoms with Gasteiger partial charge < -0.3 is 5.73 Å². The van der Waals surface area contributed by atoms with Crippen molar-refractivity contribution in [1.82, 2.24) is 0 Å². The Morgan fingerprint density at radius 2 is 1.94 bits per heavy atom. The van der Waals surface area contributed by atoms with E-state index in [2.05, 4.69) is 0 Å². The molecule has 0 amide bonds. The van der Waals surface area contributed by atoms with Crippen molar-refractivity contribution in [3.63, 3.8) is 0 Å². The van der Waals surface area contributed by atoms with Gasteiger partial charge in [0.05, 0.1) is 5.56 Å². The van der Waals surface area contributed by atoms with Crippen LogP contribution in [0, 0.1) is 11.7 Å². The van der Waals surface area contributed by atoms with E-state index in [1.807, 2.05) is 0 Å². The molecule has 0 spiro atoms. The third-order valence-electron chi connectivity index (χ3n) is 3.01. The molecule has 1 aromatic carbocycles. The Bertz CT molecular complexity index is 409. The van der Waals surface area contributed by atoms with Crippen molar-refractivity contribution in [1.29, 1.82) is 0 Å². The first kappa shape index (κ1) is 12.4. The summed E-state index contributed by atoms with van der Waals surface area (Å²) in [6.07, 6.45) is -1.83. The summed E-state index contributed by atoms with van der Waals surface area (Å²) in [5.74, 6) is -0.732. The maximum absolute atomic E-state index is 13.0. The van der Waals surface area contributed by atoms with Gasteiger partial charge in [-0.15, -0.1) is 0 Å². The Kier molecular flexibility index (Phi) is 3.12. The number of alkyl halides is 3. The van der Waals surface area contributed by atoms with Gasteiger partial charge in [0.1, 0.15) is 5.82 Å². The van der Waals surface area contributed by atoms with Crippen LogP contribution in [0.5, 0.6) is 0 Å². The Labute approximate surface area is 96.6 Å². The minimum atomic E-state index is -4.67. The van der Waals surface area contributed by atoms with Crippen molar-refractivity contribution in [2.75, 3.05) is 0 Å². The quantitative estimate of drug-likeness (QED) is 0.811. The molecule has 1 aromatic rings. The molecule has 0 aromatic heterocycles. The molecule has 0 heterocycles. The average molecular weight is 247 g/mol. The zero-order valence-electron chi connectivity index (χ0n) is 9.10. The van der Waals surface area contributed by atoms with Crippen LogP contribution in [0.1, 0.15) is 36.4 Å². The number of benzene rings is 1. The van der Waals surface area contributed by atoms with Crippen LogP contribution >= 0.6 is 0 Å². The highest BCUT2D eigenvalue weighted by Crippen LogP contribution is 2.38. The molecule has 1 fully saturated rings. The van der Waals surface area contributed by atoms with Crippen molar-refractivity contribution in [2.24, 2.45) is 11.7 Å². The van der Waals surface area contributed by atoms with Crippen molar-refractivity contribution < 1.29 is 17.6 Å². The molecule has 0 bridgehead atoms. The molecule has 0 radical (unpaired) electrons. The molecule has 1 saturated carbocycles. The van der Waals surface area contributed by atoms with E-state index < -0.39 is 23.6 Å². The Balaban J connectivity index is 2.23. The van der Waals surface area contributed by atoms with Crippen LogP contribution in [0.15, 0.2) is 18.2 Å². The second-order valence-electron chi connectivity index (χ2n) is 4.52. The van der Waals surface area contributed by atoms with Gasteiger partial charge in [-0.05, 0) is 30.0 Å². The topological polar surface area (TPSA) is 26.0 Å². The normalized spacial score (nSPS) is 18.2. The van der Waals surface area contributed by atoms with Crippen molar-refractivity contribution in [3.05, 3.63) is 35.1 Å². The third-order valence-corrected chi connectivity index (χ3v) is 3.01. The Morgan fingerprint density at radius 1 is 1.29 bits per heavy atom. The van der Waals surface area contributed by atoms with E-state index in [4.69, 9.17) is 5.73 Å². The highest BCUT2D eigenvalue weighted by Gasteiger charge is 2.35. The van der Waals surface area contributed by atoms with Crippen LogP contribution in [0.2, 0.25) is 0 Å². The van der Waals surface area contributed by atoms with Gasteiger partial charge >= 0.3 is 6.18 Å². The SMILES string of the molecule is NC(CC1CC1)c1ccc(F)c(C(F)(F)F)c1. The van der Waals surface area contributed by atoms with E-state index in [9.17, 15) is 17.6 Å². The van der Waals surface area contributed by atoms with Gasteiger partial charge in [0.2, 0.25) is 0 Å². The Morgan fingerprint density at radius 3 is 2.47 bits per heavy atom. The second-order valence-corrected chi connectivity index (χ2v) is 4.52. The van der Waals surface area contributed by atoms with Crippen LogP contribution in [0.4, 0.5) is 17.6 Å². The molecule has 2 N–H and O–H groups in total. The van der Waals surface area contributed by atoms with Gasteiger partial charge in [-0.2, -0.15) is 13.2 Å². The summed E-state index contributed by atoms with van der Waals surface area (Å²) >= 11 is 0. The summed E-state index contributed by atoms with van der Waals surface area (Å²) < 4.78 is 50.5. The lowest BCUT2D eigenvalue weighted by atomic mass is 9.99. The number of rotatable bonds is 3. The maximum Gasteiger partial charge on any atom is 0.419 e. The van der Waals surface area contributed by atoms with E-state index in [0.29, 0.717) is 17.9 Å². The lowest BCUT2D eigenvalue weighted by molar-refractivity contribution is -0.140. The van der Waals surface area contributed by atoms with Crippen LogP contribution in [0.25, 0.3) is 0 Å². The van der Waals surface area contributed by atoms with Crippen molar-refractivity contribution in [3.8, 4) is 0 Å². The Hall–Kier alpha value is -1.10. The first-order valence-electron chi connectivity index (χ1n) is 5.50. The van der Waals surface area contributed by atoms with E-state index in [-0.39, 0.29) is 0 Å². The first-order valence-corrected chi connectivity index (χ1v) is 5.50. The summed E-state index contributed by atoms with van der Waals surface area (Å²) in [5, 5.41) is 0. The van der Waals surface area contributed by atoms with Gasteiger partial charge in [-0.3, -0.25) is 0 Å². The summed E-state index contributed by atoms with van der Waals surface area (Å²) in [4.78, 5) is 0. The van der Waals surface area contributed by atoms with E-state index in [1.165, 1.54) is 6.07 Å². The fourth-order valence-electron chi connectivity index (χ4n) is 1.84. The fraction of sp³-hybridized carbons (Fsp3) is 0.500. The minimum absolute atomic E-state index is 0.352. The van der Waals surface area contributed by atoms with Crippen LogP contribution in [0.3, 0.4) is 0 Å². The minimum Gasteiger partial charge on any atom is -0.324 e. The number of hydrogen-bond donors (Lipinski definition) is 1. The second kappa shape index (κ2) is 4.29. The van der Waals surface area contributed by atoms with Crippen LogP contribution in [-0.4, -0.2) is 0 Å². The van der Waals surface area contributed by atoms with Gasteiger partial charge in [0.25, 0.3) is 0 Å². The molecular formula is C12H13F4N. The van der Waals surface area contributed by atoms with E-state index in [0.717, 1.165) is 25.0 Å². The molecule has 17 heavy (non-hydrogen) atoms.